The van der Waals surface area contributed by atoms with Gasteiger partial charge in [-0.3, -0.25) is 4.79 Å². The minimum atomic E-state index is -0.784. The van der Waals surface area contributed by atoms with Gasteiger partial charge in [0, 0.05) is 35.0 Å². The first-order chi connectivity index (χ1) is 22.2. The highest BCUT2D eigenvalue weighted by Gasteiger charge is 3.01. The first kappa shape index (κ1) is 31.7. The molecule has 0 radical (unpaired) electrons. The molecule has 8 aliphatic rings. The van der Waals surface area contributed by atoms with Gasteiger partial charge in [0.1, 0.15) is 36.6 Å². The van der Waals surface area contributed by atoms with Crippen molar-refractivity contribution in [3.8, 4) is 0 Å². The van der Waals surface area contributed by atoms with Gasteiger partial charge in [0.15, 0.2) is 11.7 Å². The van der Waals surface area contributed by atoms with Gasteiger partial charge in [-0.2, -0.15) is 0 Å². The molecule has 13 heteroatoms. The zero-order chi connectivity index (χ0) is 31.9. The molecule has 0 aromatic carbocycles. The second-order valence-electron chi connectivity index (χ2n) is 14.6. The molecule has 5 heterocycles. The Morgan fingerprint density at radius 1 is 1.11 bits per heavy atom. The molecule has 1 amide bonds. The van der Waals surface area contributed by atoms with Crippen LogP contribution in [-0.2, 0) is 42.7 Å². The number of alkyl carbamates (subject to hydrolysis) is 1. The van der Waals surface area contributed by atoms with Gasteiger partial charge >= 0.3 is 18.0 Å². The van der Waals surface area contributed by atoms with E-state index in [4.69, 9.17) is 33.2 Å². The van der Waals surface area contributed by atoms with Crippen LogP contribution in [0.2, 0.25) is 0 Å². The molecule has 0 aromatic heterocycles. The maximum Gasteiger partial charge on any atom is 0.407 e. The fourth-order valence-corrected chi connectivity index (χ4v) is 12.8. The largest absolute Gasteiger partial charge is 0.463 e. The van der Waals surface area contributed by atoms with Gasteiger partial charge in [0.25, 0.3) is 0 Å². The van der Waals surface area contributed by atoms with Crippen molar-refractivity contribution >= 4 is 39.6 Å². The molecule has 10 atom stereocenters. The number of unbranched alkanes of at least 4 members (excludes halogenated alkanes) is 1. The Labute approximate surface area is 277 Å². The van der Waals surface area contributed by atoms with E-state index in [1.165, 1.54) is 12.2 Å². The van der Waals surface area contributed by atoms with Gasteiger partial charge in [0.05, 0.1) is 19.3 Å². The second kappa shape index (κ2) is 11.5. The van der Waals surface area contributed by atoms with Crippen molar-refractivity contribution in [2.75, 3.05) is 38.7 Å². The number of esters is 2. The highest BCUT2D eigenvalue weighted by atomic mass is 33.1. The lowest BCUT2D eigenvalue weighted by Crippen LogP contribution is -2.70. The van der Waals surface area contributed by atoms with Gasteiger partial charge in [0.2, 0.25) is 0 Å². The van der Waals surface area contributed by atoms with E-state index in [1.54, 1.807) is 0 Å². The average molecular weight is 680 g/mol. The summed E-state index contributed by atoms with van der Waals surface area (Å²) < 4.78 is 42.5. The van der Waals surface area contributed by atoms with Crippen molar-refractivity contribution in [2.45, 2.75) is 119 Å². The van der Waals surface area contributed by atoms with Crippen LogP contribution in [0.1, 0.15) is 72.1 Å². The van der Waals surface area contributed by atoms with Crippen molar-refractivity contribution in [3.63, 3.8) is 0 Å². The average Bonchev–Trinajstić information content (AvgIpc) is 3.97. The molecule has 0 bridgehead atoms. The van der Waals surface area contributed by atoms with E-state index in [2.05, 4.69) is 26.1 Å². The summed E-state index contributed by atoms with van der Waals surface area (Å²) in [6.45, 7) is 7.77. The maximum absolute atomic E-state index is 13.3. The van der Waals surface area contributed by atoms with Gasteiger partial charge < -0.3 is 38.5 Å². The molecule has 46 heavy (non-hydrogen) atoms. The van der Waals surface area contributed by atoms with Gasteiger partial charge in [-0.25, -0.2) is 9.59 Å². The van der Waals surface area contributed by atoms with E-state index in [9.17, 15) is 14.4 Å². The Kier molecular flexibility index (Phi) is 7.96. The number of epoxide rings is 3. The summed E-state index contributed by atoms with van der Waals surface area (Å²) in [5.41, 5.74) is -0.460. The van der Waals surface area contributed by atoms with Crippen LogP contribution in [0.15, 0.2) is 11.1 Å². The van der Waals surface area contributed by atoms with E-state index in [1.807, 2.05) is 21.6 Å². The second-order valence-corrected chi connectivity index (χ2v) is 17.4. The lowest BCUT2D eigenvalue weighted by molar-refractivity contribution is -0.145. The molecular weight excluding hydrogens is 634 g/mol. The summed E-state index contributed by atoms with van der Waals surface area (Å²) >= 11 is 0. The van der Waals surface area contributed by atoms with E-state index in [-0.39, 0.29) is 73.9 Å². The number of rotatable bonds is 13. The number of carbonyl (C=O) groups excluding carboxylic acids is 3. The number of nitrogens with one attached hydrogen (secondary N) is 1. The third-order valence-electron chi connectivity index (χ3n) is 12.2. The van der Waals surface area contributed by atoms with Crippen LogP contribution in [0.25, 0.3) is 0 Å². The smallest absolute Gasteiger partial charge is 0.407 e. The fraction of sp³-hybridized carbons (Fsp3) is 0.848. The van der Waals surface area contributed by atoms with E-state index in [0.29, 0.717) is 19.4 Å². The highest BCUT2D eigenvalue weighted by molar-refractivity contribution is 8.77. The van der Waals surface area contributed by atoms with Crippen molar-refractivity contribution in [1.82, 2.24) is 5.32 Å². The molecule has 1 N–H and O–H groups in total. The summed E-state index contributed by atoms with van der Waals surface area (Å²) in [5.74, 6) is 1.05. The Morgan fingerprint density at radius 2 is 1.98 bits per heavy atom. The van der Waals surface area contributed by atoms with Crippen molar-refractivity contribution in [2.24, 2.45) is 17.3 Å². The molecule has 254 valence electrons. The minimum Gasteiger partial charge on any atom is -0.463 e. The molecule has 2 saturated carbocycles. The number of hydrogen-bond acceptors (Lipinski definition) is 12. The zero-order valence-electron chi connectivity index (χ0n) is 26.8. The van der Waals surface area contributed by atoms with Gasteiger partial charge in [-0.15, -0.1) is 0 Å². The lowest BCUT2D eigenvalue weighted by Gasteiger charge is -2.53. The monoisotopic (exact) mass is 679 g/mol. The summed E-state index contributed by atoms with van der Waals surface area (Å²) in [4.78, 5) is 37.7. The van der Waals surface area contributed by atoms with Crippen LogP contribution in [0.4, 0.5) is 4.79 Å². The highest BCUT2D eigenvalue weighted by Crippen LogP contribution is 2.83. The quantitative estimate of drug-likeness (QED) is 0.0986. The van der Waals surface area contributed by atoms with Crippen LogP contribution < -0.4 is 5.32 Å². The minimum absolute atomic E-state index is 0.0835. The summed E-state index contributed by atoms with van der Waals surface area (Å²) in [6, 6.07) is 0. The van der Waals surface area contributed by atoms with E-state index >= 15 is 0 Å². The van der Waals surface area contributed by atoms with Crippen molar-refractivity contribution in [3.05, 3.63) is 11.1 Å². The number of amides is 1. The number of cyclic esters (lactones) is 1. The zero-order valence-corrected chi connectivity index (χ0v) is 28.5. The summed E-state index contributed by atoms with van der Waals surface area (Å²) in [7, 11) is 3.91. The number of ether oxygens (including phenoxy) is 7. The summed E-state index contributed by atoms with van der Waals surface area (Å²) in [5, 5.41) is 3.56. The van der Waals surface area contributed by atoms with Crippen LogP contribution in [0, 0.1) is 17.3 Å². The fourth-order valence-electron chi connectivity index (χ4n) is 9.81. The molecular formula is C33H45NO10S2. The van der Waals surface area contributed by atoms with Crippen molar-refractivity contribution in [1.29, 1.82) is 0 Å². The first-order valence-electron chi connectivity index (χ1n) is 17.1. The van der Waals surface area contributed by atoms with Crippen molar-refractivity contribution < 1.29 is 47.5 Å². The molecule has 5 aliphatic heterocycles. The third kappa shape index (κ3) is 4.57. The van der Waals surface area contributed by atoms with Crippen LogP contribution in [0.3, 0.4) is 0 Å². The maximum atomic E-state index is 13.3. The SMILES string of the molecule is CC(C)[C@]12O[C@H]1[C@@H]1O[C@]13[C@]1(O[C@H]1C[C@H]1C4=C(CC[C@@]13C)C(=O)OC4)[C@@H]2OC(=O)NCCOCCOC(=O)CCCCC1CCSS1. The normalized spacial score (nSPS) is 43.8. The molecule has 2 spiro atoms. The van der Waals surface area contributed by atoms with E-state index < -0.39 is 29.0 Å². The first-order valence-corrected chi connectivity index (χ1v) is 19.5. The Bertz CT molecular complexity index is 1320. The topological polar surface area (TPSA) is 138 Å². The predicted molar refractivity (Wildman–Crippen MR) is 168 cm³/mol. The lowest BCUT2D eigenvalue weighted by atomic mass is 9.46. The Hall–Kier alpha value is -1.51. The number of hydrogen-bond donors (Lipinski definition) is 1. The molecule has 3 aliphatic carbocycles. The molecule has 11 nitrogen and oxygen atoms in total. The predicted octanol–water partition coefficient (Wildman–Crippen LogP) is 4.11. The number of fused-ring (bicyclic) bond motifs is 4. The van der Waals surface area contributed by atoms with Crippen LogP contribution in [0.5, 0.6) is 0 Å². The standard InChI is InChI=1S/C33H45NO10S2/c1-18(2)31-25(43-31)26-33(44-26)30(3)10-8-20-21(17-40-27(20)36)22(30)16-23-32(33,42-23)28(31)41-29(37)34-11-12-38-13-14-39-24(35)7-5-4-6-19-9-15-45-46-19/h18-19,22-23,25-26,28H,4-17H2,1-3H3,(H,34,37)/t19?,22-,23-,25-,26-,28+,30-,31-,32+,33+/m0/s1. The number of carbonyl (C=O) groups is 3. The molecule has 1 unspecified atom stereocenters. The Morgan fingerprint density at radius 3 is 2.78 bits per heavy atom. The third-order valence-corrected chi connectivity index (χ3v) is 15.2. The molecule has 8 rings (SSSR count). The van der Waals surface area contributed by atoms with Gasteiger partial charge in [-0.1, -0.05) is 48.8 Å². The summed E-state index contributed by atoms with van der Waals surface area (Å²) in [6.07, 6.45) is 5.32. The van der Waals surface area contributed by atoms with Crippen LogP contribution in [-0.4, -0.2) is 103 Å². The Balaban J connectivity index is 0.833. The van der Waals surface area contributed by atoms with Crippen LogP contribution >= 0.6 is 21.6 Å². The van der Waals surface area contributed by atoms with Gasteiger partial charge in [-0.05, 0) is 55.9 Å². The molecule has 4 saturated heterocycles. The van der Waals surface area contributed by atoms with E-state index in [0.717, 1.165) is 48.5 Å². The molecule has 0 aromatic rings. The molecule has 6 fully saturated rings.